The summed E-state index contributed by atoms with van der Waals surface area (Å²) in [6, 6.07) is 9.53. The topological polar surface area (TPSA) is 53.2 Å². The van der Waals surface area contributed by atoms with E-state index in [1.807, 2.05) is 18.2 Å². The smallest absolute Gasteiger partial charge is 0.137 e. The van der Waals surface area contributed by atoms with E-state index in [1.165, 1.54) is 38.5 Å². The summed E-state index contributed by atoms with van der Waals surface area (Å²) in [4.78, 5) is 0. The lowest BCUT2D eigenvalue weighted by Crippen LogP contribution is -1.98. The number of aliphatic hydroxyl groups is 1. The standard InChI is InChI=1S/C18H27NO2/c19-16-17-12-8-9-13-18(17)21-15-11-7-5-3-1-2-4-6-10-14-20/h8-9,12-13,20H,1-7,10-11,14-15H2. The summed E-state index contributed by atoms with van der Waals surface area (Å²) < 4.78 is 5.65. The van der Waals surface area contributed by atoms with Crippen LogP contribution in [0.1, 0.15) is 63.4 Å². The third-order valence-corrected chi connectivity index (χ3v) is 3.57. The van der Waals surface area contributed by atoms with Gasteiger partial charge in [0.15, 0.2) is 0 Å². The molecule has 0 amide bonds. The first-order valence-corrected chi connectivity index (χ1v) is 8.11. The van der Waals surface area contributed by atoms with Crippen LogP contribution in [0.15, 0.2) is 24.3 Å². The number of benzene rings is 1. The van der Waals surface area contributed by atoms with Gasteiger partial charge in [0.05, 0.1) is 12.2 Å². The number of aliphatic hydroxyl groups excluding tert-OH is 1. The molecule has 0 radical (unpaired) electrons. The average Bonchev–Trinajstić information content (AvgIpc) is 2.53. The maximum absolute atomic E-state index is 8.95. The van der Waals surface area contributed by atoms with Gasteiger partial charge in [-0.2, -0.15) is 5.26 Å². The van der Waals surface area contributed by atoms with Gasteiger partial charge in [-0.05, 0) is 25.0 Å². The average molecular weight is 289 g/mol. The van der Waals surface area contributed by atoms with Crippen molar-refractivity contribution in [2.75, 3.05) is 13.2 Å². The van der Waals surface area contributed by atoms with Crippen molar-refractivity contribution in [2.24, 2.45) is 0 Å². The van der Waals surface area contributed by atoms with Crippen molar-refractivity contribution in [1.82, 2.24) is 0 Å². The van der Waals surface area contributed by atoms with Gasteiger partial charge in [-0.1, -0.05) is 57.1 Å². The Hall–Kier alpha value is -1.53. The van der Waals surface area contributed by atoms with Gasteiger partial charge in [0.2, 0.25) is 0 Å². The Morgan fingerprint density at radius 3 is 2.05 bits per heavy atom. The van der Waals surface area contributed by atoms with Crippen molar-refractivity contribution >= 4 is 0 Å². The first-order valence-electron chi connectivity index (χ1n) is 8.11. The molecule has 1 N–H and O–H groups in total. The molecule has 0 heterocycles. The molecule has 0 saturated heterocycles. The molecule has 0 bridgehead atoms. The maximum Gasteiger partial charge on any atom is 0.137 e. The largest absolute Gasteiger partial charge is 0.492 e. The van der Waals surface area contributed by atoms with Gasteiger partial charge in [-0.3, -0.25) is 0 Å². The lowest BCUT2D eigenvalue weighted by molar-refractivity contribution is 0.282. The SMILES string of the molecule is N#Cc1ccccc1OCCCCCCCCCCCO. The second-order valence-electron chi connectivity index (χ2n) is 5.36. The molecular weight excluding hydrogens is 262 g/mol. The highest BCUT2D eigenvalue weighted by atomic mass is 16.5. The monoisotopic (exact) mass is 289 g/mol. The van der Waals surface area contributed by atoms with Crippen molar-refractivity contribution in [3.8, 4) is 11.8 Å². The summed E-state index contributed by atoms with van der Waals surface area (Å²) in [5.41, 5.74) is 0.611. The van der Waals surface area contributed by atoms with Crippen molar-refractivity contribution in [3.05, 3.63) is 29.8 Å². The number of nitriles is 1. The van der Waals surface area contributed by atoms with Gasteiger partial charge in [0.1, 0.15) is 11.8 Å². The van der Waals surface area contributed by atoms with Crippen LogP contribution in [0.3, 0.4) is 0 Å². The van der Waals surface area contributed by atoms with E-state index in [-0.39, 0.29) is 0 Å². The molecule has 0 saturated carbocycles. The predicted octanol–water partition coefficient (Wildman–Crippen LogP) is 4.44. The molecule has 0 aliphatic rings. The van der Waals surface area contributed by atoms with Gasteiger partial charge in [-0.15, -0.1) is 0 Å². The van der Waals surface area contributed by atoms with E-state index < -0.39 is 0 Å². The highest BCUT2D eigenvalue weighted by Gasteiger charge is 2.00. The number of para-hydroxylation sites is 1. The Bertz CT molecular complexity index is 412. The molecule has 0 unspecified atom stereocenters. The fourth-order valence-electron chi connectivity index (χ4n) is 2.32. The van der Waals surface area contributed by atoms with E-state index in [0.29, 0.717) is 24.5 Å². The van der Waals surface area contributed by atoms with E-state index in [4.69, 9.17) is 15.1 Å². The normalized spacial score (nSPS) is 10.3. The van der Waals surface area contributed by atoms with Gasteiger partial charge in [0, 0.05) is 6.61 Å². The molecule has 3 nitrogen and oxygen atoms in total. The highest BCUT2D eigenvalue weighted by molar-refractivity contribution is 5.42. The van der Waals surface area contributed by atoms with Crippen molar-refractivity contribution in [3.63, 3.8) is 0 Å². The van der Waals surface area contributed by atoms with E-state index in [9.17, 15) is 0 Å². The lowest BCUT2D eigenvalue weighted by Gasteiger charge is -2.07. The van der Waals surface area contributed by atoms with E-state index >= 15 is 0 Å². The molecule has 0 atom stereocenters. The van der Waals surface area contributed by atoms with Crippen molar-refractivity contribution in [2.45, 2.75) is 57.8 Å². The first-order chi connectivity index (χ1) is 10.4. The summed E-state index contributed by atoms with van der Waals surface area (Å²) in [5, 5.41) is 17.6. The molecule has 1 aromatic rings. The van der Waals surface area contributed by atoms with Crippen LogP contribution < -0.4 is 4.74 Å². The van der Waals surface area contributed by atoms with E-state index in [2.05, 4.69) is 6.07 Å². The van der Waals surface area contributed by atoms with Gasteiger partial charge in [-0.25, -0.2) is 0 Å². The number of unbranched alkanes of at least 4 members (excludes halogenated alkanes) is 8. The second kappa shape index (κ2) is 12.2. The van der Waals surface area contributed by atoms with Gasteiger partial charge >= 0.3 is 0 Å². The number of rotatable bonds is 12. The van der Waals surface area contributed by atoms with Gasteiger partial charge < -0.3 is 9.84 Å². The molecule has 0 fully saturated rings. The summed E-state index contributed by atoms with van der Waals surface area (Å²) in [5.74, 6) is 0.698. The molecule has 1 aromatic carbocycles. The molecule has 116 valence electrons. The number of hydrogen-bond acceptors (Lipinski definition) is 3. The van der Waals surface area contributed by atoms with Crippen LogP contribution in [0.2, 0.25) is 0 Å². The summed E-state index contributed by atoms with van der Waals surface area (Å²) >= 11 is 0. The zero-order valence-corrected chi connectivity index (χ0v) is 12.9. The molecule has 3 heteroatoms. The molecule has 0 aromatic heterocycles. The Morgan fingerprint density at radius 1 is 0.857 bits per heavy atom. The minimum atomic E-state index is 0.328. The first kappa shape index (κ1) is 17.5. The maximum atomic E-state index is 8.95. The Kier molecular flexibility index (Phi) is 10.2. The zero-order valence-electron chi connectivity index (χ0n) is 12.9. The molecular formula is C18H27NO2. The Balaban J connectivity index is 1.94. The van der Waals surface area contributed by atoms with Crippen LogP contribution in [0, 0.1) is 11.3 Å². The third kappa shape index (κ3) is 8.37. The van der Waals surface area contributed by atoms with Crippen LogP contribution in [0.5, 0.6) is 5.75 Å². The van der Waals surface area contributed by atoms with Crippen LogP contribution in [0.4, 0.5) is 0 Å². The second-order valence-corrected chi connectivity index (χ2v) is 5.36. The quantitative estimate of drug-likeness (QED) is 0.579. The summed E-state index contributed by atoms with van der Waals surface area (Å²) in [7, 11) is 0. The van der Waals surface area contributed by atoms with Crippen molar-refractivity contribution < 1.29 is 9.84 Å². The lowest BCUT2D eigenvalue weighted by atomic mass is 10.1. The Morgan fingerprint density at radius 2 is 1.43 bits per heavy atom. The molecule has 0 spiro atoms. The predicted molar refractivity (Wildman–Crippen MR) is 85.3 cm³/mol. The molecule has 21 heavy (non-hydrogen) atoms. The molecule has 0 aliphatic carbocycles. The minimum absolute atomic E-state index is 0.328. The number of ether oxygens (including phenoxy) is 1. The highest BCUT2D eigenvalue weighted by Crippen LogP contribution is 2.17. The molecule has 0 aliphatic heterocycles. The Labute approximate surface area is 128 Å². The van der Waals surface area contributed by atoms with Crippen molar-refractivity contribution in [1.29, 1.82) is 5.26 Å². The van der Waals surface area contributed by atoms with Gasteiger partial charge in [0.25, 0.3) is 0 Å². The summed E-state index contributed by atoms with van der Waals surface area (Å²) in [6.07, 6.45) is 10.7. The van der Waals surface area contributed by atoms with Crippen LogP contribution in [0.25, 0.3) is 0 Å². The number of nitrogens with zero attached hydrogens (tertiary/aromatic N) is 1. The fourth-order valence-corrected chi connectivity index (χ4v) is 2.32. The minimum Gasteiger partial charge on any atom is -0.492 e. The molecule has 1 rings (SSSR count). The zero-order chi connectivity index (χ0) is 15.2. The third-order valence-electron chi connectivity index (χ3n) is 3.57. The number of hydrogen-bond donors (Lipinski definition) is 1. The van der Waals surface area contributed by atoms with Crippen LogP contribution >= 0.6 is 0 Å². The van der Waals surface area contributed by atoms with E-state index in [0.717, 1.165) is 19.3 Å². The van der Waals surface area contributed by atoms with Crippen LogP contribution in [-0.2, 0) is 0 Å². The fraction of sp³-hybridized carbons (Fsp3) is 0.611. The van der Waals surface area contributed by atoms with E-state index in [1.54, 1.807) is 6.07 Å². The van der Waals surface area contributed by atoms with Crippen LogP contribution in [-0.4, -0.2) is 18.3 Å². The summed E-state index contributed by atoms with van der Waals surface area (Å²) in [6.45, 7) is 1.02.